The fourth-order valence-electron chi connectivity index (χ4n) is 1.76. The van der Waals surface area contributed by atoms with Crippen LogP contribution >= 0.6 is 11.8 Å². The molecule has 1 aromatic carbocycles. The molecule has 1 aliphatic rings. The van der Waals surface area contributed by atoms with Gasteiger partial charge in [0.2, 0.25) is 0 Å². The van der Waals surface area contributed by atoms with E-state index in [1.165, 1.54) is 18.2 Å². The van der Waals surface area contributed by atoms with E-state index in [1.807, 2.05) is 0 Å². The largest absolute Gasteiger partial charge is 0.573 e. The van der Waals surface area contributed by atoms with Crippen molar-refractivity contribution in [2.45, 2.75) is 18.4 Å². The second-order valence-corrected chi connectivity index (χ2v) is 5.01. The van der Waals surface area contributed by atoms with Crippen LogP contribution in [0.25, 0.3) is 0 Å². The first-order valence-electron chi connectivity index (χ1n) is 5.05. The first-order valence-corrected chi connectivity index (χ1v) is 6.21. The highest BCUT2D eigenvalue weighted by Gasteiger charge is 2.35. The first kappa shape index (κ1) is 12.6. The zero-order valence-electron chi connectivity index (χ0n) is 8.83. The molecule has 0 aromatic heterocycles. The summed E-state index contributed by atoms with van der Waals surface area (Å²) in [6, 6.07) is 5.55. The van der Waals surface area contributed by atoms with Crippen LogP contribution < -0.4 is 4.74 Å². The van der Waals surface area contributed by atoms with Crippen molar-refractivity contribution in [2.24, 2.45) is 0 Å². The van der Waals surface area contributed by atoms with Crippen LogP contribution in [0.2, 0.25) is 0 Å². The van der Waals surface area contributed by atoms with Crippen molar-refractivity contribution >= 4 is 11.8 Å². The predicted molar refractivity (Wildman–Crippen MR) is 59.0 cm³/mol. The Labute approximate surface area is 101 Å². The van der Waals surface area contributed by atoms with Crippen molar-refractivity contribution < 1.29 is 23.0 Å². The number of thioether (sulfide) groups is 1. The average Bonchev–Trinajstić information content (AvgIpc) is 2.64. The molecule has 17 heavy (non-hydrogen) atoms. The van der Waals surface area contributed by atoms with Gasteiger partial charge >= 0.3 is 6.36 Å². The molecular formula is C11H11F3O2S. The van der Waals surface area contributed by atoms with Gasteiger partial charge in [-0.05, 0) is 29.9 Å². The average molecular weight is 264 g/mol. The van der Waals surface area contributed by atoms with Gasteiger partial charge < -0.3 is 9.84 Å². The lowest BCUT2D eigenvalue weighted by Crippen LogP contribution is -2.25. The summed E-state index contributed by atoms with van der Waals surface area (Å²) in [5.74, 6) is 1.02. The van der Waals surface area contributed by atoms with Gasteiger partial charge in [0, 0.05) is 5.75 Å². The van der Waals surface area contributed by atoms with Gasteiger partial charge in [0.25, 0.3) is 0 Å². The Bertz CT molecular complexity index is 400. The zero-order chi connectivity index (χ0) is 12.5. The summed E-state index contributed by atoms with van der Waals surface area (Å²) in [6.07, 6.45) is -4.15. The number of rotatable bonds is 2. The smallest absolute Gasteiger partial charge is 0.406 e. The lowest BCUT2D eigenvalue weighted by atomic mass is 9.93. The molecule has 94 valence electrons. The number of hydrogen-bond acceptors (Lipinski definition) is 3. The maximum absolute atomic E-state index is 12.1. The van der Waals surface area contributed by atoms with Crippen LogP contribution in [0.3, 0.4) is 0 Å². The molecule has 0 radical (unpaired) electrons. The van der Waals surface area contributed by atoms with Crippen LogP contribution in [0.4, 0.5) is 13.2 Å². The first-order chi connectivity index (χ1) is 7.89. The van der Waals surface area contributed by atoms with E-state index in [2.05, 4.69) is 4.74 Å². The fraction of sp³-hybridized carbons (Fsp3) is 0.455. The Kier molecular flexibility index (Phi) is 3.27. The Balaban J connectivity index is 2.22. The van der Waals surface area contributed by atoms with Crippen molar-refractivity contribution in [2.75, 3.05) is 11.5 Å². The third kappa shape index (κ3) is 3.07. The van der Waals surface area contributed by atoms with Crippen LogP contribution in [-0.2, 0) is 5.60 Å². The molecule has 1 fully saturated rings. The van der Waals surface area contributed by atoms with Crippen molar-refractivity contribution in [1.29, 1.82) is 0 Å². The van der Waals surface area contributed by atoms with E-state index in [4.69, 9.17) is 0 Å². The van der Waals surface area contributed by atoms with E-state index in [1.54, 1.807) is 17.8 Å². The maximum Gasteiger partial charge on any atom is 0.573 e. The Morgan fingerprint density at radius 1 is 1.35 bits per heavy atom. The molecule has 1 saturated heterocycles. The van der Waals surface area contributed by atoms with E-state index in [-0.39, 0.29) is 5.75 Å². The van der Waals surface area contributed by atoms with Gasteiger partial charge in [-0.1, -0.05) is 12.1 Å². The molecule has 2 rings (SSSR count). The van der Waals surface area contributed by atoms with Gasteiger partial charge in [-0.2, -0.15) is 11.8 Å². The van der Waals surface area contributed by atoms with Gasteiger partial charge in [-0.25, -0.2) is 0 Å². The normalized spacial score (nSPS) is 24.9. The Morgan fingerprint density at radius 2 is 2.12 bits per heavy atom. The summed E-state index contributed by atoms with van der Waals surface area (Å²) < 4.78 is 40.0. The molecule has 6 heteroatoms. The molecule has 1 heterocycles. The quantitative estimate of drug-likeness (QED) is 0.890. The maximum atomic E-state index is 12.1. The standard InChI is InChI=1S/C11H11F3O2S/c12-11(13,14)16-9-3-1-2-8(6-9)10(15)4-5-17-7-10/h1-3,6,15H,4-5,7H2. The summed E-state index contributed by atoms with van der Waals surface area (Å²) in [5.41, 5.74) is -0.556. The van der Waals surface area contributed by atoms with E-state index in [0.29, 0.717) is 17.7 Å². The van der Waals surface area contributed by atoms with Crippen molar-refractivity contribution in [3.63, 3.8) is 0 Å². The van der Waals surface area contributed by atoms with E-state index < -0.39 is 12.0 Å². The highest BCUT2D eigenvalue weighted by molar-refractivity contribution is 7.99. The minimum Gasteiger partial charge on any atom is -0.406 e. The molecule has 1 atom stereocenters. The van der Waals surface area contributed by atoms with Gasteiger partial charge in [-0.3, -0.25) is 0 Å². The number of aliphatic hydroxyl groups is 1. The molecule has 0 bridgehead atoms. The molecule has 1 unspecified atom stereocenters. The van der Waals surface area contributed by atoms with Crippen molar-refractivity contribution in [3.05, 3.63) is 29.8 Å². The minimum atomic E-state index is -4.70. The van der Waals surface area contributed by atoms with Crippen LogP contribution in [0.1, 0.15) is 12.0 Å². The van der Waals surface area contributed by atoms with Crippen LogP contribution in [-0.4, -0.2) is 23.0 Å². The summed E-state index contributed by atoms with van der Waals surface area (Å²) in [7, 11) is 0. The molecule has 1 aromatic rings. The second kappa shape index (κ2) is 4.42. The number of benzene rings is 1. The monoisotopic (exact) mass is 264 g/mol. The minimum absolute atomic E-state index is 0.291. The number of hydrogen-bond donors (Lipinski definition) is 1. The molecule has 0 amide bonds. The third-order valence-corrected chi connectivity index (χ3v) is 3.78. The molecule has 2 nitrogen and oxygen atoms in total. The van der Waals surface area contributed by atoms with E-state index >= 15 is 0 Å². The van der Waals surface area contributed by atoms with Crippen molar-refractivity contribution in [3.8, 4) is 5.75 Å². The molecule has 1 N–H and O–H groups in total. The van der Waals surface area contributed by atoms with Crippen LogP contribution in [0.5, 0.6) is 5.75 Å². The van der Waals surface area contributed by atoms with Gasteiger partial charge in [0.15, 0.2) is 0 Å². The summed E-state index contributed by atoms with van der Waals surface area (Å²) in [6.45, 7) is 0. The predicted octanol–water partition coefficient (Wildman–Crippen LogP) is 2.91. The summed E-state index contributed by atoms with van der Waals surface area (Å²) in [5, 5.41) is 10.2. The Morgan fingerprint density at radius 3 is 2.71 bits per heavy atom. The van der Waals surface area contributed by atoms with Crippen LogP contribution in [0, 0.1) is 0 Å². The van der Waals surface area contributed by atoms with Crippen molar-refractivity contribution in [1.82, 2.24) is 0 Å². The van der Waals surface area contributed by atoms with Gasteiger partial charge in [-0.15, -0.1) is 13.2 Å². The zero-order valence-corrected chi connectivity index (χ0v) is 9.64. The Hall–Kier alpha value is -0.880. The molecular weight excluding hydrogens is 253 g/mol. The lowest BCUT2D eigenvalue weighted by molar-refractivity contribution is -0.274. The highest BCUT2D eigenvalue weighted by Crippen LogP contribution is 2.38. The summed E-state index contributed by atoms with van der Waals surface area (Å²) in [4.78, 5) is 0. The fourth-order valence-corrected chi connectivity index (χ4v) is 3.04. The second-order valence-electron chi connectivity index (χ2n) is 3.91. The lowest BCUT2D eigenvalue weighted by Gasteiger charge is -2.22. The van der Waals surface area contributed by atoms with Gasteiger partial charge in [0.05, 0.1) is 5.60 Å². The third-order valence-electron chi connectivity index (χ3n) is 2.61. The molecule has 0 spiro atoms. The summed E-state index contributed by atoms with van der Waals surface area (Å²) >= 11 is 1.58. The number of ether oxygens (including phenoxy) is 1. The van der Waals surface area contributed by atoms with E-state index in [9.17, 15) is 18.3 Å². The number of alkyl halides is 3. The highest BCUT2D eigenvalue weighted by atomic mass is 32.2. The van der Waals surface area contributed by atoms with E-state index in [0.717, 1.165) is 5.75 Å². The van der Waals surface area contributed by atoms with Gasteiger partial charge in [0.1, 0.15) is 5.75 Å². The number of halogens is 3. The topological polar surface area (TPSA) is 29.5 Å². The molecule has 0 aliphatic carbocycles. The SMILES string of the molecule is OC1(c2cccc(OC(F)(F)F)c2)CCSC1. The van der Waals surface area contributed by atoms with Crippen LogP contribution in [0.15, 0.2) is 24.3 Å². The molecule has 1 aliphatic heterocycles. The molecule has 0 saturated carbocycles.